The number of methoxy groups -OCH3 is 1. The Kier molecular flexibility index (Phi) is 8.00. The molecule has 0 bridgehead atoms. The summed E-state index contributed by atoms with van der Waals surface area (Å²) < 4.78 is 57.1. The van der Waals surface area contributed by atoms with Gasteiger partial charge in [0.2, 0.25) is 5.82 Å². The molecule has 1 unspecified atom stereocenters. The molecule has 1 fully saturated rings. The zero-order chi connectivity index (χ0) is 30.9. The number of hydrogen-bond donors (Lipinski definition) is 1. The summed E-state index contributed by atoms with van der Waals surface area (Å²) in [7, 11) is 1.61. The lowest BCUT2D eigenvalue weighted by molar-refractivity contribution is -0.144. The number of nitrogens with one attached hydrogen (secondary N) is 1. The minimum Gasteiger partial charge on any atom is -0.445 e. The second-order valence-corrected chi connectivity index (χ2v) is 11.1. The Morgan fingerprint density at radius 1 is 1.14 bits per heavy atom. The molecule has 12 heteroatoms. The van der Waals surface area contributed by atoms with Crippen molar-refractivity contribution in [2.75, 3.05) is 26.8 Å². The largest absolute Gasteiger partial charge is 0.451 e. The molecule has 0 aliphatic carbocycles. The first kappa shape index (κ1) is 29.6. The number of pyridine rings is 1. The van der Waals surface area contributed by atoms with Gasteiger partial charge < -0.3 is 14.2 Å². The molecule has 6 rings (SSSR count). The minimum atomic E-state index is -4.60. The van der Waals surface area contributed by atoms with Gasteiger partial charge in [-0.3, -0.25) is 15.0 Å². The van der Waals surface area contributed by atoms with Gasteiger partial charge in [-0.1, -0.05) is 12.1 Å². The van der Waals surface area contributed by atoms with Gasteiger partial charge in [-0.25, -0.2) is 4.98 Å². The van der Waals surface area contributed by atoms with Crippen LogP contribution in [0.1, 0.15) is 59.5 Å². The van der Waals surface area contributed by atoms with Gasteiger partial charge in [0, 0.05) is 43.5 Å². The van der Waals surface area contributed by atoms with Crippen molar-refractivity contribution in [1.29, 1.82) is 5.26 Å². The first-order chi connectivity index (χ1) is 21.2. The van der Waals surface area contributed by atoms with Gasteiger partial charge >= 0.3 is 6.18 Å². The summed E-state index contributed by atoms with van der Waals surface area (Å²) in [5.74, 6) is -0.422. The van der Waals surface area contributed by atoms with Crippen molar-refractivity contribution < 1.29 is 27.4 Å². The number of nitrogens with zero attached hydrogens (tertiary/aromatic N) is 5. The van der Waals surface area contributed by atoms with Crippen LogP contribution in [0.5, 0.6) is 11.5 Å². The number of H-pyrrole nitrogens is 1. The van der Waals surface area contributed by atoms with Gasteiger partial charge in [-0.2, -0.15) is 23.5 Å². The summed E-state index contributed by atoms with van der Waals surface area (Å²) >= 11 is 0. The molecule has 1 atom stereocenters. The second kappa shape index (κ2) is 11.9. The van der Waals surface area contributed by atoms with Crippen LogP contribution in [0.3, 0.4) is 0 Å². The predicted molar refractivity (Wildman–Crippen MR) is 154 cm³/mol. The predicted octanol–water partition coefficient (Wildman–Crippen LogP) is 5.97. The Morgan fingerprint density at radius 2 is 1.91 bits per heavy atom. The highest BCUT2D eigenvalue weighted by Gasteiger charge is 2.41. The third-order valence-corrected chi connectivity index (χ3v) is 8.20. The van der Waals surface area contributed by atoms with Gasteiger partial charge in [0.15, 0.2) is 17.3 Å². The second-order valence-electron chi connectivity index (χ2n) is 11.1. The van der Waals surface area contributed by atoms with Gasteiger partial charge in [0.05, 0.1) is 23.9 Å². The maximum absolute atomic E-state index is 13.0. The Labute approximate surface area is 252 Å². The number of likely N-dealkylation sites (tertiary alicyclic amines) is 1. The van der Waals surface area contributed by atoms with Crippen LogP contribution in [-0.2, 0) is 29.7 Å². The summed E-state index contributed by atoms with van der Waals surface area (Å²) in [6.45, 7) is 4.62. The molecule has 2 aliphatic heterocycles. The fourth-order valence-electron chi connectivity index (χ4n) is 5.80. The quantitative estimate of drug-likeness (QED) is 0.262. The topological polar surface area (TPSA) is 109 Å². The SMILES string of the molecule is COCCc1cc(-c2n[nH]c(C(F)(F)F)n2)cnc1CN1CCC(c2cccc3c2OC(C)(c2ccc(C#N)cc2)O3)CC1. The van der Waals surface area contributed by atoms with Crippen molar-refractivity contribution in [3.05, 3.63) is 88.5 Å². The van der Waals surface area contributed by atoms with Gasteiger partial charge in [0.25, 0.3) is 5.79 Å². The van der Waals surface area contributed by atoms with Gasteiger partial charge in [-0.15, -0.1) is 0 Å². The number of nitriles is 1. The molecule has 1 saturated heterocycles. The first-order valence-electron chi connectivity index (χ1n) is 14.4. The van der Waals surface area contributed by atoms with Gasteiger partial charge in [0.1, 0.15) is 0 Å². The lowest BCUT2D eigenvalue weighted by atomic mass is 9.88. The van der Waals surface area contributed by atoms with Crippen LogP contribution in [0.2, 0.25) is 0 Å². The highest BCUT2D eigenvalue weighted by Crippen LogP contribution is 2.49. The van der Waals surface area contributed by atoms with Gasteiger partial charge in [-0.05, 0) is 80.2 Å². The zero-order valence-electron chi connectivity index (χ0n) is 24.3. The molecule has 4 heterocycles. The lowest BCUT2D eigenvalue weighted by Gasteiger charge is -2.33. The van der Waals surface area contributed by atoms with Crippen molar-refractivity contribution in [2.24, 2.45) is 0 Å². The molecule has 2 aliphatic rings. The van der Waals surface area contributed by atoms with E-state index in [-0.39, 0.29) is 11.7 Å². The standard InChI is InChI=1S/C32H31F3N6O3/c1-31(24-8-6-20(17-36)7-9-24)43-27-5-3-4-25(28(27)44-31)21-10-13-41(14-11-21)19-26-22(12-15-42-2)16-23(18-37-26)29-38-30(40-39-29)32(33,34)35/h3-9,16,18,21H,10-15,19H2,1-2H3,(H,38,39,40). The molecule has 4 aromatic rings. The number of ether oxygens (including phenoxy) is 3. The maximum Gasteiger partial charge on any atom is 0.451 e. The van der Waals surface area contributed by atoms with Crippen molar-refractivity contribution in [3.8, 4) is 29.0 Å². The Morgan fingerprint density at radius 3 is 2.59 bits per heavy atom. The number of para-hydroxylation sites is 1. The van der Waals surface area contributed by atoms with E-state index in [1.807, 2.05) is 36.3 Å². The summed E-state index contributed by atoms with van der Waals surface area (Å²) in [6, 6.07) is 17.2. The van der Waals surface area contributed by atoms with E-state index in [1.165, 1.54) is 6.20 Å². The third-order valence-electron chi connectivity index (χ3n) is 8.20. The van der Waals surface area contributed by atoms with E-state index in [2.05, 4.69) is 32.1 Å². The Balaban J connectivity index is 1.14. The Hall–Kier alpha value is -4.47. The summed E-state index contributed by atoms with van der Waals surface area (Å²) in [5.41, 5.74) is 4.68. The number of halogens is 3. The number of rotatable bonds is 8. The molecule has 1 N–H and O–H groups in total. The summed E-state index contributed by atoms with van der Waals surface area (Å²) in [4.78, 5) is 10.6. The molecule has 44 heavy (non-hydrogen) atoms. The van der Waals surface area contributed by atoms with Crippen molar-refractivity contribution in [1.82, 2.24) is 25.1 Å². The van der Waals surface area contributed by atoms with E-state index < -0.39 is 17.8 Å². The van der Waals surface area contributed by atoms with Crippen LogP contribution >= 0.6 is 0 Å². The van der Waals surface area contributed by atoms with Crippen LogP contribution < -0.4 is 9.47 Å². The average Bonchev–Trinajstić information content (AvgIpc) is 3.67. The third kappa shape index (κ3) is 5.98. The average molecular weight is 605 g/mol. The minimum absolute atomic E-state index is 0.0484. The maximum atomic E-state index is 13.0. The number of piperidine rings is 1. The van der Waals surface area contributed by atoms with Crippen LogP contribution in [-0.4, -0.2) is 51.9 Å². The van der Waals surface area contributed by atoms with Crippen LogP contribution in [0.25, 0.3) is 11.4 Å². The van der Waals surface area contributed by atoms with Crippen molar-refractivity contribution in [3.63, 3.8) is 0 Å². The Bertz CT molecular complexity index is 1680. The monoisotopic (exact) mass is 604 g/mol. The summed E-state index contributed by atoms with van der Waals surface area (Å²) in [5, 5.41) is 14.9. The number of aromatic amines is 1. The fraction of sp³-hybridized carbons (Fsp3) is 0.375. The van der Waals surface area contributed by atoms with Crippen molar-refractivity contribution >= 4 is 0 Å². The fourth-order valence-corrected chi connectivity index (χ4v) is 5.80. The molecule has 228 valence electrons. The van der Waals surface area contributed by atoms with E-state index in [9.17, 15) is 13.2 Å². The molecular weight excluding hydrogens is 573 g/mol. The molecule has 2 aromatic carbocycles. The molecule has 0 radical (unpaired) electrons. The molecular formula is C32H31F3N6O3. The highest BCUT2D eigenvalue weighted by molar-refractivity contribution is 5.55. The number of aromatic nitrogens is 4. The smallest absolute Gasteiger partial charge is 0.445 e. The van der Waals surface area contributed by atoms with Crippen molar-refractivity contribution in [2.45, 2.75) is 50.6 Å². The van der Waals surface area contributed by atoms with Crippen LogP contribution in [0.15, 0.2) is 54.7 Å². The number of alkyl halides is 3. The van der Waals surface area contributed by atoms with Crippen LogP contribution in [0.4, 0.5) is 13.2 Å². The molecule has 0 saturated carbocycles. The molecule has 9 nitrogen and oxygen atoms in total. The molecule has 0 amide bonds. The van der Waals surface area contributed by atoms with E-state index in [1.54, 1.807) is 25.3 Å². The molecule has 0 spiro atoms. The van der Waals surface area contributed by atoms with E-state index >= 15 is 0 Å². The highest BCUT2D eigenvalue weighted by atomic mass is 19.4. The number of fused-ring (bicyclic) bond motifs is 1. The summed E-state index contributed by atoms with van der Waals surface area (Å²) in [6.07, 6.45) is -0.692. The molecule has 2 aromatic heterocycles. The first-order valence-corrected chi connectivity index (χ1v) is 14.4. The number of hydrogen-bond acceptors (Lipinski definition) is 8. The van der Waals surface area contributed by atoms with E-state index in [0.717, 1.165) is 54.1 Å². The normalized spacial score (nSPS) is 18.8. The lowest BCUT2D eigenvalue weighted by Crippen LogP contribution is -2.33. The zero-order valence-corrected chi connectivity index (χ0v) is 24.3. The van der Waals surface area contributed by atoms with Crippen LogP contribution in [0, 0.1) is 11.3 Å². The number of benzene rings is 2. The van der Waals surface area contributed by atoms with E-state index in [4.69, 9.17) is 19.5 Å². The van der Waals surface area contributed by atoms with E-state index in [0.29, 0.717) is 36.4 Å².